The van der Waals surface area contributed by atoms with Crippen molar-refractivity contribution in [3.8, 4) is 0 Å². The van der Waals surface area contributed by atoms with Gasteiger partial charge in [0, 0.05) is 6.54 Å². The van der Waals surface area contributed by atoms with E-state index in [0.717, 1.165) is 5.56 Å². The van der Waals surface area contributed by atoms with Gasteiger partial charge in [0.15, 0.2) is 0 Å². The summed E-state index contributed by atoms with van der Waals surface area (Å²) in [6, 6.07) is 16.2. The van der Waals surface area contributed by atoms with Crippen molar-refractivity contribution in [1.29, 1.82) is 0 Å². The number of ketones is 1. The second-order valence-electron chi connectivity index (χ2n) is 5.00. The van der Waals surface area contributed by atoms with Crippen molar-refractivity contribution in [3.05, 3.63) is 65.7 Å². The highest BCUT2D eigenvalue weighted by atomic mass is 16.2. The van der Waals surface area contributed by atoms with Crippen molar-refractivity contribution in [3.63, 3.8) is 0 Å². The fraction of sp³-hybridized carbons (Fsp3) is 0.118. The Morgan fingerprint density at radius 3 is 2.41 bits per heavy atom. The number of carbonyl (C=O) groups is 3. The second-order valence-corrected chi connectivity index (χ2v) is 5.00. The highest BCUT2D eigenvalue weighted by Gasteiger charge is 2.36. The van der Waals surface area contributed by atoms with Gasteiger partial charge in [-0.1, -0.05) is 42.5 Å². The normalized spacial score (nSPS) is 13.2. The van der Waals surface area contributed by atoms with Crippen LogP contribution >= 0.6 is 0 Å². The highest BCUT2D eigenvalue weighted by Crippen LogP contribution is 2.27. The third-order valence-corrected chi connectivity index (χ3v) is 3.51. The first kappa shape index (κ1) is 14.0. The van der Waals surface area contributed by atoms with Gasteiger partial charge >= 0.3 is 0 Å². The van der Waals surface area contributed by atoms with Crippen molar-refractivity contribution < 1.29 is 14.4 Å². The zero-order valence-electron chi connectivity index (χ0n) is 11.8. The molecule has 0 saturated heterocycles. The van der Waals surface area contributed by atoms with Gasteiger partial charge in [-0.25, -0.2) is 0 Å². The predicted molar refractivity (Wildman–Crippen MR) is 81.4 cm³/mol. The molecule has 0 radical (unpaired) electrons. The largest absolute Gasteiger partial charge is 0.350 e. The van der Waals surface area contributed by atoms with Gasteiger partial charge in [-0.3, -0.25) is 19.3 Å². The van der Waals surface area contributed by atoms with Crippen molar-refractivity contribution in [2.45, 2.75) is 6.54 Å². The first-order chi connectivity index (χ1) is 10.7. The molecule has 1 aliphatic rings. The SMILES string of the molecule is O=C(CN1C(=O)C(=O)c2ccccc21)NCc1ccccc1. The molecule has 22 heavy (non-hydrogen) atoms. The fourth-order valence-electron chi connectivity index (χ4n) is 2.40. The minimum Gasteiger partial charge on any atom is -0.350 e. The molecule has 5 heteroatoms. The summed E-state index contributed by atoms with van der Waals surface area (Å²) in [5, 5.41) is 2.75. The number of anilines is 1. The molecule has 5 nitrogen and oxygen atoms in total. The summed E-state index contributed by atoms with van der Waals surface area (Å²) < 4.78 is 0. The van der Waals surface area contributed by atoms with Crippen LogP contribution in [0, 0.1) is 0 Å². The molecule has 2 amide bonds. The highest BCUT2D eigenvalue weighted by molar-refractivity contribution is 6.52. The van der Waals surface area contributed by atoms with Gasteiger partial charge in [-0.05, 0) is 17.7 Å². The van der Waals surface area contributed by atoms with E-state index in [2.05, 4.69) is 5.32 Å². The summed E-state index contributed by atoms with van der Waals surface area (Å²) in [5.74, 6) is -1.52. The Bertz CT molecular complexity index is 741. The Morgan fingerprint density at radius 1 is 0.955 bits per heavy atom. The predicted octanol–water partition coefficient (Wildman–Crippen LogP) is 1.53. The zero-order chi connectivity index (χ0) is 15.5. The van der Waals surface area contributed by atoms with Crippen LogP contribution in [0.4, 0.5) is 5.69 Å². The summed E-state index contributed by atoms with van der Waals surface area (Å²) in [7, 11) is 0. The summed E-state index contributed by atoms with van der Waals surface area (Å²) in [4.78, 5) is 37.1. The van der Waals surface area contributed by atoms with E-state index in [1.54, 1.807) is 24.3 Å². The number of benzene rings is 2. The van der Waals surface area contributed by atoms with Gasteiger partial charge in [-0.2, -0.15) is 0 Å². The number of hydrogen-bond donors (Lipinski definition) is 1. The molecular weight excluding hydrogens is 280 g/mol. The van der Waals surface area contributed by atoms with Crippen LogP contribution in [-0.2, 0) is 16.1 Å². The van der Waals surface area contributed by atoms with Crippen LogP contribution in [0.3, 0.4) is 0 Å². The number of fused-ring (bicyclic) bond motifs is 1. The number of amides is 2. The molecule has 0 aliphatic carbocycles. The zero-order valence-corrected chi connectivity index (χ0v) is 11.8. The van der Waals surface area contributed by atoms with Crippen LogP contribution in [-0.4, -0.2) is 24.1 Å². The molecule has 1 N–H and O–H groups in total. The molecular formula is C17H14N2O3. The number of hydrogen-bond acceptors (Lipinski definition) is 3. The van der Waals surface area contributed by atoms with E-state index in [1.807, 2.05) is 30.3 Å². The average molecular weight is 294 g/mol. The number of nitrogens with one attached hydrogen (secondary N) is 1. The van der Waals surface area contributed by atoms with Crippen LogP contribution < -0.4 is 10.2 Å². The Balaban J connectivity index is 1.67. The van der Waals surface area contributed by atoms with Gasteiger partial charge < -0.3 is 5.32 Å². The summed E-state index contributed by atoms with van der Waals surface area (Å²) >= 11 is 0. The minimum atomic E-state index is -0.656. The van der Waals surface area contributed by atoms with E-state index in [4.69, 9.17) is 0 Å². The van der Waals surface area contributed by atoms with E-state index in [0.29, 0.717) is 17.8 Å². The van der Waals surface area contributed by atoms with Crippen molar-refractivity contribution in [2.75, 3.05) is 11.4 Å². The van der Waals surface area contributed by atoms with E-state index in [9.17, 15) is 14.4 Å². The van der Waals surface area contributed by atoms with Gasteiger partial charge in [0.05, 0.1) is 11.3 Å². The Morgan fingerprint density at radius 2 is 1.64 bits per heavy atom. The monoisotopic (exact) mass is 294 g/mol. The van der Waals surface area contributed by atoms with Crippen LogP contribution in [0.15, 0.2) is 54.6 Å². The molecule has 2 aromatic carbocycles. The molecule has 0 unspecified atom stereocenters. The number of para-hydroxylation sites is 1. The Labute approximate surface area is 127 Å². The molecule has 0 spiro atoms. The van der Waals surface area contributed by atoms with Crippen molar-refractivity contribution in [2.24, 2.45) is 0 Å². The molecule has 0 atom stereocenters. The number of nitrogens with zero attached hydrogens (tertiary/aromatic N) is 1. The number of Topliss-reactive ketones (excluding diaryl/α,β-unsaturated/α-hetero) is 1. The second kappa shape index (κ2) is 5.81. The van der Waals surface area contributed by atoms with Gasteiger partial charge in [-0.15, -0.1) is 0 Å². The van der Waals surface area contributed by atoms with Crippen molar-refractivity contribution >= 4 is 23.3 Å². The molecule has 1 heterocycles. The molecule has 2 aromatic rings. The first-order valence-corrected chi connectivity index (χ1v) is 6.92. The number of rotatable bonds is 4. The van der Waals surface area contributed by atoms with Crippen LogP contribution in [0.25, 0.3) is 0 Å². The van der Waals surface area contributed by atoms with Gasteiger partial charge in [0.25, 0.3) is 11.7 Å². The Kier molecular flexibility index (Phi) is 3.70. The first-order valence-electron chi connectivity index (χ1n) is 6.92. The lowest BCUT2D eigenvalue weighted by molar-refractivity contribution is -0.122. The lowest BCUT2D eigenvalue weighted by Gasteiger charge is -2.16. The molecule has 0 aromatic heterocycles. The van der Waals surface area contributed by atoms with Crippen LogP contribution in [0.2, 0.25) is 0 Å². The van der Waals surface area contributed by atoms with Gasteiger partial charge in [0.2, 0.25) is 5.91 Å². The molecule has 0 fully saturated rings. The maximum Gasteiger partial charge on any atom is 0.299 e. The molecule has 110 valence electrons. The minimum absolute atomic E-state index is 0.158. The third kappa shape index (κ3) is 2.61. The smallest absolute Gasteiger partial charge is 0.299 e. The quantitative estimate of drug-likeness (QED) is 0.870. The molecule has 3 rings (SSSR count). The molecule has 0 bridgehead atoms. The lowest BCUT2D eigenvalue weighted by atomic mass is 10.1. The summed E-state index contributed by atoms with van der Waals surface area (Å²) in [6.07, 6.45) is 0. The van der Waals surface area contributed by atoms with E-state index in [1.165, 1.54) is 4.90 Å². The van der Waals surface area contributed by atoms with Gasteiger partial charge in [0.1, 0.15) is 6.54 Å². The fourth-order valence-corrected chi connectivity index (χ4v) is 2.40. The van der Waals surface area contributed by atoms with E-state index < -0.39 is 11.7 Å². The Hall–Kier alpha value is -2.95. The van der Waals surface area contributed by atoms with Crippen LogP contribution in [0.1, 0.15) is 15.9 Å². The maximum atomic E-state index is 12.0. The maximum absolute atomic E-state index is 12.0. The van der Waals surface area contributed by atoms with Crippen molar-refractivity contribution in [1.82, 2.24) is 5.32 Å². The van der Waals surface area contributed by atoms with E-state index in [-0.39, 0.29) is 12.5 Å². The average Bonchev–Trinajstić information content (AvgIpc) is 2.79. The topological polar surface area (TPSA) is 66.5 Å². The summed E-state index contributed by atoms with van der Waals surface area (Å²) in [6.45, 7) is 0.228. The molecule has 0 saturated carbocycles. The van der Waals surface area contributed by atoms with Crippen LogP contribution in [0.5, 0.6) is 0 Å². The van der Waals surface area contributed by atoms with E-state index >= 15 is 0 Å². The number of carbonyl (C=O) groups excluding carboxylic acids is 3. The summed E-state index contributed by atoms with van der Waals surface area (Å²) in [5.41, 5.74) is 1.82. The lowest BCUT2D eigenvalue weighted by Crippen LogP contribution is -2.39. The molecule has 1 aliphatic heterocycles. The standard InChI is InChI=1S/C17H14N2O3/c20-15(18-10-12-6-2-1-3-7-12)11-19-14-9-5-4-8-13(14)16(21)17(19)22/h1-9H,10-11H2,(H,18,20). The third-order valence-electron chi connectivity index (χ3n) is 3.51.